The fraction of sp³-hybridized carbons (Fsp3) is 0.167. The second-order valence-corrected chi connectivity index (χ2v) is 8.09. The predicted molar refractivity (Wildman–Crippen MR) is 105 cm³/mol. The first kappa shape index (κ1) is 16.9. The van der Waals surface area contributed by atoms with Crippen molar-refractivity contribution in [1.82, 2.24) is 0 Å². The summed E-state index contributed by atoms with van der Waals surface area (Å²) < 4.78 is 6.43. The van der Waals surface area contributed by atoms with Gasteiger partial charge in [-0.15, -0.1) is 0 Å². The molecule has 0 fully saturated rings. The number of para-hydroxylation sites is 1. The molecule has 1 heterocycles. The molecule has 3 aromatic rings. The van der Waals surface area contributed by atoms with Crippen molar-refractivity contribution in [2.45, 2.75) is 16.6 Å². The zero-order chi connectivity index (χ0) is 16.6. The molecule has 2 aromatic carbocycles. The number of hydrogen-bond acceptors (Lipinski definition) is 2. The molecule has 0 radical (unpaired) electrons. The average molecular weight is 501 g/mol. The molecule has 0 saturated heterocycles. The number of aryl methyl sites for hydroxylation is 1. The maximum Gasteiger partial charge on any atom is 0.207 e. The molecule has 2 nitrogen and oxygen atoms in total. The maximum absolute atomic E-state index is 12.5. The Labute approximate surface area is 159 Å². The van der Waals surface area contributed by atoms with E-state index in [9.17, 15) is 4.79 Å². The highest BCUT2D eigenvalue weighted by Gasteiger charge is 2.26. The molecule has 3 rings (SSSR count). The standard InChI is InChI=1S/C18H13Br3O2/c1-10-6-8-11(9-7-10)14(19)15(20)18-16(21)17(22)12-4-2-3-5-13(12)23-18/h2-9,14-15H,1H3. The van der Waals surface area contributed by atoms with Crippen molar-refractivity contribution < 1.29 is 4.42 Å². The first-order chi connectivity index (χ1) is 11.0. The van der Waals surface area contributed by atoms with Crippen LogP contribution in [0.3, 0.4) is 0 Å². The Morgan fingerprint density at radius 3 is 2.30 bits per heavy atom. The van der Waals surface area contributed by atoms with Crippen LogP contribution in [0.25, 0.3) is 11.0 Å². The molecule has 0 N–H and O–H groups in total. The van der Waals surface area contributed by atoms with Gasteiger partial charge in [0.1, 0.15) is 15.8 Å². The minimum absolute atomic E-state index is 0.0243. The van der Waals surface area contributed by atoms with E-state index in [1.54, 1.807) is 6.07 Å². The van der Waals surface area contributed by atoms with Crippen molar-refractivity contribution in [3.63, 3.8) is 0 Å². The van der Waals surface area contributed by atoms with Crippen LogP contribution in [-0.4, -0.2) is 0 Å². The van der Waals surface area contributed by atoms with Gasteiger partial charge in [-0.2, -0.15) is 0 Å². The first-order valence-electron chi connectivity index (χ1n) is 7.05. The monoisotopic (exact) mass is 498 g/mol. The summed E-state index contributed by atoms with van der Waals surface area (Å²) in [4.78, 5) is 12.3. The summed E-state index contributed by atoms with van der Waals surface area (Å²) in [6.45, 7) is 2.05. The fourth-order valence-electron chi connectivity index (χ4n) is 2.37. The summed E-state index contributed by atoms with van der Waals surface area (Å²) in [5, 5.41) is 0.573. The Bertz CT molecular complexity index is 900. The Hall–Kier alpha value is -0.910. The van der Waals surface area contributed by atoms with Crippen molar-refractivity contribution in [3.8, 4) is 0 Å². The van der Waals surface area contributed by atoms with Gasteiger partial charge in [-0.1, -0.05) is 73.8 Å². The Morgan fingerprint density at radius 2 is 1.61 bits per heavy atom. The summed E-state index contributed by atoms with van der Waals surface area (Å²) in [5.41, 5.74) is 2.84. The van der Waals surface area contributed by atoms with E-state index in [0.717, 1.165) is 5.56 Å². The summed E-state index contributed by atoms with van der Waals surface area (Å²) >= 11 is 10.8. The van der Waals surface area contributed by atoms with Crippen molar-refractivity contribution in [1.29, 1.82) is 0 Å². The zero-order valence-electron chi connectivity index (χ0n) is 12.2. The second kappa shape index (κ2) is 6.91. The first-order valence-corrected chi connectivity index (χ1v) is 9.67. The van der Waals surface area contributed by atoms with E-state index >= 15 is 0 Å². The number of alkyl halides is 2. The van der Waals surface area contributed by atoms with Crippen LogP contribution in [-0.2, 0) is 0 Å². The molecule has 0 aliphatic heterocycles. The van der Waals surface area contributed by atoms with Crippen molar-refractivity contribution in [2.24, 2.45) is 0 Å². The summed E-state index contributed by atoms with van der Waals surface area (Å²) in [6.07, 6.45) is 0. The molecule has 0 bridgehead atoms. The molecule has 23 heavy (non-hydrogen) atoms. The fourth-order valence-corrected chi connectivity index (χ4v) is 4.39. The Balaban J connectivity index is 2.06. The SMILES string of the molecule is Cc1ccc(C(Br)C(Br)c2oc3ccccc3c(=O)c2Br)cc1. The van der Waals surface area contributed by atoms with Crippen LogP contribution in [0.4, 0.5) is 0 Å². The normalized spacial score (nSPS) is 13.9. The van der Waals surface area contributed by atoms with E-state index in [2.05, 4.69) is 79.0 Å². The largest absolute Gasteiger partial charge is 0.458 e. The van der Waals surface area contributed by atoms with Gasteiger partial charge in [-0.05, 0) is 40.5 Å². The molecule has 118 valence electrons. The number of benzene rings is 2. The van der Waals surface area contributed by atoms with Crippen LogP contribution in [0.5, 0.6) is 0 Å². The summed E-state index contributed by atoms with van der Waals surface area (Å²) in [7, 11) is 0. The lowest BCUT2D eigenvalue weighted by molar-refractivity contribution is 0.527. The third-order valence-corrected chi connectivity index (χ3v) is 7.13. The zero-order valence-corrected chi connectivity index (χ0v) is 17.0. The molecule has 0 amide bonds. The lowest BCUT2D eigenvalue weighted by atomic mass is 10.1. The number of halogens is 3. The lowest BCUT2D eigenvalue weighted by Gasteiger charge is -2.18. The van der Waals surface area contributed by atoms with E-state index in [1.807, 2.05) is 18.2 Å². The Morgan fingerprint density at radius 1 is 0.957 bits per heavy atom. The third-order valence-electron chi connectivity index (χ3n) is 3.67. The summed E-state index contributed by atoms with van der Waals surface area (Å²) in [5.74, 6) is 0.580. The third kappa shape index (κ3) is 3.32. The van der Waals surface area contributed by atoms with Crippen LogP contribution < -0.4 is 5.43 Å². The summed E-state index contributed by atoms with van der Waals surface area (Å²) in [6, 6.07) is 15.5. The second-order valence-electron chi connectivity index (χ2n) is 5.32. The van der Waals surface area contributed by atoms with Gasteiger partial charge in [-0.25, -0.2) is 0 Å². The van der Waals surface area contributed by atoms with Crippen LogP contribution in [0.1, 0.15) is 26.5 Å². The highest BCUT2D eigenvalue weighted by Crippen LogP contribution is 2.44. The molecule has 2 atom stereocenters. The van der Waals surface area contributed by atoms with Crippen molar-refractivity contribution in [2.75, 3.05) is 0 Å². The van der Waals surface area contributed by atoms with Gasteiger partial charge in [0.25, 0.3) is 0 Å². The predicted octanol–water partition coefficient (Wildman–Crippen LogP) is 6.44. The van der Waals surface area contributed by atoms with Crippen LogP contribution in [0.15, 0.2) is 62.2 Å². The molecule has 0 spiro atoms. The highest BCUT2D eigenvalue weighted by atomic mass is 79.9. The topological polar surface area (TPSA) is 30.2 Å². The smallest absolute Gasteiger partial charge is 0.207 e. The number of hydrogen-bond donors (Lipinski definition) is 0. The molecule has 1 aromatic heterocycles. The van der Waals surface area contributed by atoms with E-state index < -0.39 is 0 Å². The average Bonchev–Trinajstić information content (AvgIpc) is 2.57. The van der Waals surface area contributed by atoms with Gasteiger partial charge < -0.3 is 4.42 Å². The van der Waals surface area contributed by atoms with E-state index in [-0.39, 0.29) is 15.1 Å². The van der Waals surface area contributed by atoms with Crippen LogP contribution in [0.2, 0.25) is 0 Å². The molecule has 0 saturated carbocycles. The molecule has 0 aliphatic rings. The van der Waals surface area contributed by atoms with Gasteiger partial charge in [0.15, 0.2) is 0 Å². The van der Waals surface area contributed by atoms with E-state index in [1.165, 1.54) is 5.56 Å². The highest BCUT2D eigenvalue weighted by molar-refractivity contribution is 9.12. The molecule has 5 heteroatoms. The van der Waals surface area contributed by atoms with E-state index in [0.29, 0.717) is 21.2 Å². The minimum atomic E-state index is -0.183. The lowest BCUT2D eigenvalue weighted by Crippen LogP contribution is -2.09. The van der Waals surface area contributed by atoms with E-state index in [4.69, 9.17) is 4.42 Å². The van der Waals surface area contributed by atoms with Gasteiger partial charge >= 0.3 is 0 Å². The van der Waals surface area contributed by atoms with Gasteiger partial charge in [0.05, 0.1) is 15.0 Å². The van der Waals surface area contributed by atoms with Crippen LogP contribution in [0, 0.1) is 6.92 Å². The molecular weight excluding hydrogens is 488 g/mol. The van der Waals surface area contributed by atoms with Crippen molar-refractivity contribution in [3.05, 3.63) is 80.1 Å². The molecule has 2 unspecified atom stereocenters. The number of rotatable bonds is 3. The van der Waals surface area contributed by atoms with Crippen molar-refractivity contribution >= 4 is 58.8 Å². The van der Waals surface area contributed by atoms with Crippen LogP contribution >= 0.6 is 47.8 Å². The molecule has 0 aliphatic carbocycles. The van der Waals surface area contributed by atoms with Gasteiger partial charge in [0.2, 0.25) is 5.43 Å². The van der Waals surface area contributed by atoms with Gasteiger partial charge in [0, 0.05) is 0 Å². The quantitative estimate of drug-likeness (QED) is 0.387. The minimum Gasteiger partial charge on any atom is -0.458 e. The molecular formula is C18H13Br3O2. The maximum atomic E-state index is 12.5. The number of fused-ring (bicyclic) bond motifs is 1. The van der Waals surface area contributed by atoms with Gasteiger partial charge in [-0.3, -0.25) is 4.79 Å². The Kier molecular flexibility index (Phi) is 5.09.